The number of aliphatic imine (C=N–C) groups is 1. The van der Waals surface area contributed by atoms with Crippen LogP contribution in [-0.2, 0) is 0 Å². The van der Waals surface area contributed by atoms with Crippen molar-refractivity contribution in [2.24, 2.45) is 15.8 Å². The van der Waals surface area contributed by atoms with Gasteiger partial charge < -0.3 is 5.11 Å². The van der Waals surface area contributed by atoms with Crippen LogP contribution >= 0.6 is 0 Å². The van der Waals surface area contributed by atoms with Gasteiger partial charge in [0.05, 0.1) is 12.3 Å². The lowest BCUT2D eigenvalue weighted by atomic mass is 9.79. The van der Waals surface area contributed by atoms with Crippen LogP contribution in [0.3, 0.4) is 0 Å². The zero-order chi connectivity index (χ0) is 22.2. The average Bonchev–Trinajstić information content (AvgIpc) is 2.61. The summed E-state index contributed by atoms with van der Waals surface area (Å²) in [7, 11) is 0. The smallest absolute Gasteiger partial charge is 0.0664 e. The van der Waals surface area contributed by atoms with Gasteiger partial charge in [-0.3, -0.25) is 4.99 Å². The van der Waals surface area contributed by atoms with Crippen molar-refractivity contribution in [1.29, 1.82) is 0 Å². The Hall–Kier alpha value is -2.45. The van der Waals surface area contributed by atoms with Crippen LogP contribution in [-0.4, -0.2) is 17.9 Å². The van der Waals surface area contributed by atoms with E-state index in [9.17, 15) is 5.11 Å². The highest BCUT2D eigenvalue weighted by atomic mass is 16.3. The molecule has 0 unspecified atom stereocenters. The fraction of sp³-hybridized carbons (Fsp3) is 0.370. The Labute approximate surface area is 177 Å². The van der Waals surface area contributed by atoms with E-state index in [4.69, 9.17) is 0 Å². The van der Waals surface area contributed by atoms with Gasteiger partial charge in [0, 0.05) is 6.21 Å². The predicted octanol–water partition coefficient (Wildman–Crippen LogP) is 7.39. The number of aliphatic hydroxyl groups is 1. The summed E-state index contributed by atoms with van der Waals surface area (Å²) in [5.74, 6) is 0. The van der Waals surface area contributed by atoms with Gasteiger partial charge in [0.15, 0.2) is 0 Å². The normalized spacial score (nSPS) is 14.1. The van der Waals surface area contributed by atoms with Crippen molar-refractivity contribution < 1.29 is 5.11 Å². The zero-order valence-corrected chi connectivity index (χ0v) is 19.2. The van der Waals surface area contributed by atoms with E-state index in [1.165, 1.54) is 0 Å². The number of hydrogen-bond donors (Lipinski definition) is 1. The summed E-state index contributed by atoms with van der Waals surface area (Å²) in [6, 6.07) is 6.07. The Morgan fingerprint density at radius 2 is 1.72 bits per heavy atom. The van der Waals surface area contributed by atoms with Gasteiger partial charge >= 0.3 is 0 Å². The summed E-state index contributed by atoms with van der Waals surface area (Å²) in [4.78, 5) is 4.66. The quantitative estimate of drug-likeness (QED) is 0.381. The molecule has 29 heavy (non-hydrogen) atoms. The minimum Gasteiger partial charge on any atom is -0.392 e. The first-order valence-electron chi connectivity index (χ1n) is 10.1. The summed E-state index contributed by atoms with van der Waals surface area (Å²) in [6.45, 7) is 22.8. The van der Waals surface area contributed by atoms with E-state index in [-0.39, 0.29) is 17.4 Å². The van der Waals surface area contributed by atoms with Crippen LogP contribution in [0.4, 0.5) is 5.69 Å². The van der Waals surface area contributed by atoms with E-state index in [0.29, 0.717) is 0 Å². The first-order chi connectivity index (χ1) is 13.4. The van der Waals surface area contributed by atoms with Crippen molar-refractivity contribution in [2.75, 3.05) is 6.61 Å². The van der Waals surface area contributed by atoms with Crippen molar-refractivity contribution in [3.05, 3.63) is 83.5 Å². The Morgan fingerprint density at radius 3 is 2.24 bits per heavy atom. The SMILES string of the molecule is C=C/C=C\c1cccc(N=CC(=C)/C=C(\C=C(/CO)C(C)(C)C)C(C)(C)C)c1C. The van der Waals surface area contributed by atoms with Gasteiger partial charge in [0.25, 0.3) is 0 Å². The molecular weight excluding hydrogens is 354 g/mol. The molecule has 0 aliphatic carbocycles. The molecule has 0 aromatic heterocycles. The van der Waals surface area contributed by atoms with Crippen LogP contribution in [0.1, 0.15) is 52.7 Å². The molecule has 0 amide bonds. The molecular formula is C27H37NO. The number of allylic oxidation sites excluding steroid dienone is 6. The molecule has 2 nitrogen and oxygen atoms in total. The van der Waals surface area contributed by atoms with E-state index in [1.54, 1.807) is 12.3 Å². The average molecular weight is 392 g/mol. The molecule has 0 spiro atoms. The number of aliphatic hydroxyl groups excluding tert-OH is 1. The van der Waals surface area contributed by atoms with E-state index in [2.05, 4.69) is 84.8 Å². The zero-order valence-electron chi connectivity index (χ0n) is 19.2. The molecule has 0 heterocycles. The summed E-state index contributed by atoms with van der Waals surface area (Å²) in [5.41, 5.74) is 5.93. The summed E-state index contributed by atoms with van der Waals surface area (Å²) in [5, 5.41) is 9.82. The van der Waals surface area contributed by atoms with Crippen LogP contribution in [0.5, 0.6) is 0 Å². The third kappa shape index (κ3) is 7.83. The van der Waals surface area contributed by atoms with Gasteiger partial charge in [-0.15, -0.1) is 0 Å². The van der Waals surface area contributed by atoms with E-state index >= 15 is 0 Å². The topological polar surface area (TPSA) is 32.6 Å². The fourth-order valence-corrected chi connectivity index (χ4v) is 2.68. The number of rotatable bonds is 7. The summed E-state index contributed by atoms with van der Waals surface area (Å²) < 4.78 is 0. The van der Waals surface area contributed by atoms with Crippen molar-refractivity contribution >= 4 is 18.0 Å². The van der Waals surface area contributed by atoms with Gasteiger partial charge in [-0.2, -0.15) is 0 Å². The number of nitrogens with zero attached hydrogens (tertiary/aromatic N) is 1. The van der Waals surface area contributed by atoms with E-state index in [0.717, 1.165) is 33.5 Å². The second-order valence-corrected chi connectivity index (χ2v) is 9.35. The van der Waals surface area contributed by atoms with Gasteiger partial charge in [0.2, 0.25) is 0 Å². The first kappa shape index (κ1) is 24.6. The van der Waals surface area contributed by atoms with Gasteiger partial charge in [-0.1, -0.05) is 97.2 Å². The molecule has 0 atom stereocenters. The predicted molar refractivity (Wildman–Crippen MR) is 130 cm³/mol. The number of benzene rings is 1. The molecule has 0 aliphatic rings. The number of hydrogen-bond acceptors (Lipinski definition) is 2. The van der Waals surface area contributed by atoms with Gasteiger partial charge in [-0.05, 0) is 51.7 Å². The molecule has 2 heteroatoms. The summed E-state index contributed by atoms with van der Waals surface area (Å²) in [6.07, 6.45) is 11.7. The summed E-state index contributed by atoms with van der Waals surface area (Å²) >= 11 is 0. The minimum absolute atomic E-state index is 0.0434. The highest BCUT2D eigenvalue weighted by molar-refractivity contribution is 5.84. The van der Waals surface area contributed by atoms with Crippen molar-refractivity contribution in [1.82, 2.24) is 0 Å². The Morgan fingerprint density at radius 1 is 1.07 bits per heavy atom. The van der Waals surface area contributed by atoms with Crippen molar-refractivity contribution in [3.8, 4) is 0 Å². The molecule has 156 valence electrons. The molecule has 0 radical (unpaired) electrons. The third-order valence-electron chi connectivity index (χ3n) is 4.80. The largest absolute Gasteiger partial charge is 0.392 e. The maximum absolute atomic E-state index is 9.82. The molecule has 0 bridgehead atoms. The van der Waals surface area contributed by atoms with Crippen molar-refractivity contribution in [3.63, 3.8) is 0 Å². The third-order valence-corrected chi connectivity index (χ3v) is 4.80. The maximum Gasteiger partial charge on any atom is 0.0664 e. The second-order valence-electron chi connectivity index (χ2n) is 9.35. The van der Waals surface area contributed by atoms with Crippen LogP contribution < -0.4 is 0 Å². The molecule has 1 aromatic carbocycles. The van der Waals surface area contributed by atoms with Crippen LogP contribution in [0.25, 0.3) is 6.08 Å². The lowest BCUT2D eigenvalue weighted by Crippen LogP contribution is -2.16. The maximum atomic E-state index is 9.82. The molecule has 0 saturated carbocycles. The van der Waals surface area contributed by atoms with Crippen LogP contribution in [0.15, 0.2) is 77.4 Å². The molecule has 1 aromatic rings. The van der Waals surface area contributed by atoms with E-state index in [1.807, 2.05) is 24.3 Å². The van der Waals surface area contributed by atoms with Gasteiger partial charge in [0.1, 0.15) is 0 Å². The van der Waals surface area contributed by atoms with Crippen LogP contribution in [0, 0.1) is 17.8 Å². The van der Waals surface area contributed by atoms with Gasteiger partial charge in [-0.25, -0.2) is 0 Å². The molecule has 0 saturated heterocycles. The Bertz CT molecular complexity index is 850. The standard InChI is InChI=1S/C27H37NO/c1-10-11-13-22-14-12-15-25(21(22)3)28-18-20(2)16-23(26(4,5)6)17-24(19-29)27(7,8)9/h10-18,29H,1-2,19H2,3-9H3/b13-11-,23-16+,24-17+,28-18?. The fourth-order valence-electron chi connectivity index (χ4n) is 2.68. The molecule has 1 rings (SSSR count). The Balaban J connectivity index is 3.25. The van der Waals surface area contributed by atoms with E-state index < -0.39 is 0 Å². The lowest BCUT2D eigenvalue weighted by molar-refractivity contribution is 0.295. The molecule has 0 fully saturated rings. The second kappa shape index (κ2) is 10.4. The highest BCUT2D eigenvalue weighted by Crippen LogP contribution is 2.33. The Kier molecular flexibility index (Phi) is 8.79. The molecule has 0 aliphatic heterocycles. The monoisotopic (exact) mass is 391 g/mol. The lowest BCUT2D eigenvalue weighted by Gasteiger charge is -2.26. The first-order valence-corrected chi connectivity index (χ1v) is 10.1. The van der Waals surface area contributed by atoms with Crippen molar-refractivity contribution in [2.45, 2.75) is 48.5 Å². The highest BCUT2D eigenvalue weighted by Gasteiger charge is 2.21. The minimum atomic E-state index is -0.0922. The van der Waals surface area contributed by atoms with Crippen LogP contribution in [0.2, 0.25) is 0 Å². The molecule has 1 N–H and O–H groups in total.